The molecule has 0 spiro atoms. The summed E-state index contributed by atoms with van der Waals surface area (Å²) in [4.78, 5) is 8.97. The number of thiophene rings is 1. The van der Waals surface area contributed by atoms with E-state index in [0.717, 1.165) is 22.5 Å². The molecule has 0 amide bonds. The van der Waals surface area contributed by atoms with E-state index in [-0.39, 0.29) is 25.5 Å². The summed E-state index contributed by atoms with van der Waals surface area (Å²) in [7, 11) is 0. The number of hydrogen-bond acceptors (Lipinski definition) is 3. The van der Waals surface area contributed by atoms with Crippen LogP contribution < -0.4 is 0 Å². The van der Waals surface area contributed by atoms with Crippen molar-refractivity contribution < 1.29 is 20.1 Å². The second kappa shape index (κ2) is 12.9. The van der Waals surface area contributed by atoms with Gasteiger partial charge in [0.1, 0.15) is 0 Å². The quantitative estimate of drug-likeness (QED) is 0.169. The fourth-order valence-corrected chi connectivity index (χ4v) is 6.07. The minimum atomic E-state index is 0. The van der Waals surface area contributed by atoms with E-state index in [4.69, 9.17) is 0 Å². The van der Waals surface area contributed by atoms with Gasteiger partial charge in [-0.1, -0.05) is 92.9 Å². The molecule has 0 saturated heterocycles. The van der Waals surface area contributed by atoms with E-state index in [0.29, 0.717) is 0 Å². The van der Waals surface area contributed by atoms with Crippen LogP contribution in [0.3, 0.4) is 0 Å². The molecule has 3 aromatic heterocycles. The Bertz CT molecular complexity index is 1870. The molecule has 0 aliphatic heterocycles. The number of nitrogens with zero attached hydrogens (tertiary/aromatic N) is 2. The van der Waals surface area contributed by atoms with E-state index in [1.807, 2.05) is 66.1 Å². The van der Waals surface area contributed by atoms with E-state index >= 15 is 0 Å². The van der Waals surface area contributed by atoms with Crippen molar-refractivity contribution in [2.45, 2.75) is 26.2 Å². The van der Waals surface area contributed by atoms with Gasteiger partial charge in [0.2, 0.25) is 0 Å². The van der Waals surface area contributed by atoms with Crippen LogP contribution in [-0.4, -0.2) is 9.97 Å². The molecule has 3 heterocycles. The van der Waals surface area contributed by atoms with Gasteiger partial charge in [0.25, 0.3) is 0 Å². The van der Waals surface area contributed by atoms with E-state index in [2.05, 4.69) is 110 Å². The van der Waals surface area contributed by atoms with Crippen molar-refractivity contribution >= 4 is 31.5 Å². The topological polar surface area (TPSA) is 25.8 Å². The van der Waals surface area contributed by atoms with Gasteiger partial charge in [0.15, 0.2) is 0 Å². The summed E-state index contributed by atoms with van der Waals surface area (Å²) in [5.74, 6) is 0. The molecule has 42 heavy (non-hydrogen) atoms. The normalized spacial score (nSPS) is 11.0. The molecule has 4 aromatic carbocycles. The van der Waals surface area contributed by atoms with Gasteiger partial charge in [-0.2, -0.15) is 11.3 Å². The number of rotatable bonds is 3. The van der Waals surface area contributed by atoms with Crippen LogP contribution in [0.4, 0.5) is 0 Å². The zero-order valence-electron chi connectivity index (χ0n) is 23.8. The van der Waals surface area contributed by atoms with Crippen LogP contribution in [0.1, 0.15) is 26.3 Å². The fraction of sp³-hybridized carbons (Fsp3) is 0.105. The third kappa shape index (κ3) is 6.42. The molecule has 209 valence electrons. The van der Waals surface area contributed by atoms with Gasteiger partial charge < -0.3 is 9.97 Å². The summed E-state index contributed by atoms with van der Waals surface area (Å²) < 4.78 is 2.59. The van der Waals surface area contributed by atoms with E-state index in [1.54, 1.807) is 6.20 Å². The molecular formula is C38H30IrN2S-2. The molecule has 4 heteroatoms. The largest absolute Gasteiger partial charge is 0.305 e. The third-order valence-electron chi connectivity index (χ3n) is 7.07. The zero-order valence-corrected chi connectivity index (χ0v) is 27.0. The van der Waals surface area contributed by atoms with Crippen molar-refractivity contribution in [2.24, 2.45) is 0 Å². The van der Waals surface area contributed by atoms with Gasteiger partial charge in [0.05, 0.1) is 0 Å². The number of pyridine rings is 2. The minimum Gasteiger partial charge on any atom is -0.305 e. The number of hydrogen-bond donors (Lipinski definition) is 0. The molecule has 2 nitrogen and oxygen atoms in total. The van der Waals surface area contributed by atoms with Gasteiger partial charge in [-0.3, -0.25) is 0 Å². The van der Waals surface area contributed by atoms with Gasteiger partial charge in [-0.05, 0) is 56.2 Å². The van der Waals surface area contributed by atoms with Crippen molar-refractivity contribution in [3.8, 4) is 33.6 Å². The van der Waals surface area contributed by atoms with Gasteiger partial charge >= 0.3 is 0 Å². The molecule has 0 bridgehead atoms. The average Bonchev–Trinajstić information content (AvgIpc) is 3.41. The van der Waals surface area contributed by atoms with E-state index < -0.39 is 0 Å². The van der Waals surface area contributed by atoms with Crippen LogP contribution in [0, 0.1) is 12.1 Å². The van der Waals surface area contributed by atoms with Gasteiger partial charge in [0, 0.05) is 37.2 Å². The number of aromatic nitrogens is 2. The second-order valence-electron chi connectivity index (χ2n) is 10.9. The Morgan fingerprint density at radius 1 is 0.619 bits per heavy atom. The first-order valence-corrected chi connectivity index (χ1v) is 14.6. The Labute approximate surface area is 265 Å². The Balaban J connectivity index is 0.000000169. The first-order valence-electron chi connectivity index (χ1n) is 13.7. The van der Waals surface area contributed by atoms with Crippen LogP contribution in [-0.2, 0) is 25.5 Å². The molecular weight excluding hydrogens is 709 g/mol. The second-order valence-corrected chi connectivity index (χ2v) is 12.0. The molecule has 0 aliphatic carbocycles. The Hall–Kier alpha value is -3.95. The van der Waals surface area contributed by atoms with E-state index in [1.165, 1.54) is 36.9 Å². The molecule has 1 radical (unpaired) electrons. The van der Waals surface area contributed by atoms with Crippen molar-refractivity contribution in [3.63, 3.8) is 0 Å². The number of benzene rings is 4. The summed E-state index contributed by atoms with van der Waals surface area (Å²) >= 11 is 1.83. The Morgan fingerprint density at radius 2 is 1.36 bits per heavy atom. The van der Waals surface area contributed by atoms with Crippen molar-refractivity contribution in [1.29, 1.82) is 0 Å². The maximum absolute atomic E-state index is 4.62. The van der Waals surface area contributed by atoms with Crippen LogP contribution in [0.25, 0.3) is 53.8 Å². The van der Waals surface area contributed by atoms with Crippen molar-refractivity contribution in [3.05, 3.63) is 145 Å². The molecule has 0 atom stereocenters. The predicted octanol–water partition coefficient (Wildman–Crippen LogP) is 10.4. The van der Waals surface area contributed by atoms with Gasteiger partial charge in [-0.25, -0.2) is 0 Å². The number of fused-ring (bicyclic) bond motifs is 3. The van der Waals surface area contributed by atoms with Crippen LogP contribution in [0.15, 0.2) is 128 Å². The first kappa shape index (κ1) is 29.5. The molecule has 0 N–H and O–H groups in total. The summed E-state index contributed by atoms with van der Waals surface area (Å²) in [5.41, 5.74) is 7.91. The van der Waals surface area contributed by atoms with Gasteiger partial charge in [-0.15, -0.1) is 59.2 Å². The summed E-state index contributed by atoms with van der Waals surface area (Å²) in [5, 5.41) is 2.61. The molecule has 0 unspecified atom stereocenters. The standard InChI is InChI=1S/C21H18NS.C17H12N.Ir/c1-21(2,3)14-11-12-22-18(13-14)17-9-6-8-16-15-7-4-5-10-19(15)23-20(16)17;1-2-7-14(8-3-1)15-9-6-10-16(13-15)17-11-4-5-12-18-17;/h4-8,10-13H,1-3H3;1-9,11-13H;/q2*-1;. The van der Waals surface area contributed by atoms with Crippen LogP contribution in [0.2, 0.25) is 0 Å². The fourth-order valence-electron chi connectivity index (χ4n) is 4.86. The molecule has 0 fully saturated rings. The SMILES string of the molecule is CC(C)(C)c1ccnc(-c2[c-]ccc3c2sc2ccccc23)c1.[Ir].[c-]1ccc(-c2ccccc2)cc1-c1ccccn1. The minimum absolute atomic E-state index is 0. The van der Waals surface area contributed by atoms with E-state index in [9.17, 15) is 0 Å². The Kier molecular flexibility index (Phi) is 9.09. The van der Waals surface area contributed by atoms with Crippen molar-refractivity contribution in [1.82, 2.24) is 9.97 Å². The zero-order chi connectivity index (χ0) is 28.2. The summed E-state index contributed by atoms with van der Waals surface area (Å²) in [6.45, 7) is 6.70. The predicted molar refractivity (Wildman–Crippen MR) is 174 cm³/mol. The van der Waals surface area contributed by atoms with Crippen molar-refractivity contribution in [2.75, 3.05) is 0 Å². The third-order valence-corrected chi connectivity index (χ3v) is 8.27. The molecule has 0 aliphatic rings. The van der Waals surface area contributed by atoms with Crippen LogP contribution in [0.5, 0.6) is 0 Å². The average molecular weight is 739 g/mol. The molecule has 0 saturated carbocycles. The maximum atomic E-state index is 4.62. The summed E-state index contributed by atoms with van der Waals surface area (Å²) in [6.07, 6.45) is 3.72. The van der Waals surface area contributed by atoms with Crippen LogP contribution >= 0.6 is 11.3 Å². The monoisotopic (exact) mass is 739 g/mol. The maximum Gasteiger partial charge on any atom is 0.0239 e. The molecule has 7 aromatic rings. The summed E-state index contributed by atoms with van der Waals surface area (Å²) in [6, 6.07) is 46.1. The first-order chi connectivity index (χ1) is 20.0. The molecule has 7 rings (SSSR count). The Morgan fingerprint density at radius 3 is 2.14 bits per heavy atom. The smallest absolute Gasteiger partial charge is 0.0239 e.